The zero-order valence-electron chi connectivity index (χ0n) is 21.0. The Balaban J connectivity index is 1.53. The van der Waals surface area contributed by atoms with Crippen LogP contribution in [0.15, 0.2) is 23.1 Å². The molecule has 1 saturated heterocycles. The molecule has 1 heterocycles. The number of likely N-dealkylation sites (tertiary alicyclic amines) is 1. The summed E-state index contributed by atoms with van der Waals surface area (Å²) in [6.45, 7) is -1.82. The molecule has 4 rings (SSSR count). The van der Waals surface area contributed by atoms with Crippen LogP contribution in [0.1, 0.15) is 51.4 Å². The highest BCUT2D eigenvalue weighted by atomic mass is 35.5. The number of hydrogen-bond donors (Lipinski definition) is 2. The second-order valence-corrected chi connectivity index (χ2v) is 13.2. The lowest BCUT2D eigenvalue weighted by Gasteiger charge is -2.29. The molecular formula is C25H30ClF3N4O5S. The van der Waals surface area contributed by atoms with E-state index < -0.39 is 45.4 Å². The zero-order chi connectivity index (χ0) is 28.6. The highest BCUT2D eigenvalue weighted by Crippen LogP contribution is 2.38. The molecule has 2 aliphatic carbocycles. The Hall–Kier alpha value is -2.56. The molecular weight excluding hydrogens is 561 g/mol. The van der Waals surface area contributed by atoms with E-state index in [0.717, 1.165) is 43.9 Å². The minimum Gasteiger partial charge on any atom is -0.484 e. The van der Waals surface area contributed by atoms with Crippen LogP contribution in [0.4, 0.5) is 13.2 Å². The number of nitrogens with two attached hydrogens (primary N) is 1. The lowest BCUT2D eigenvalue weighted by Crippen LogP contribution is -2.49. The molecule has 0 bridgehead atoms. The molecule has 2 amide bonds. The van der Waals surface area contributed by atoms with Gasteiger partial charge in [0.25, 0.3) is 0 Å². The van der Waals surface area contributed by atoms with E-state index in [4.69, 9.17) is 17.3 Å². The SMILES string of the molecule is N#CC1(NC(=O)[C@@H]2C[C@@H](S(=O)(=O)c3ccc(OCC(F)(F)F)cc3Cl)CN2C(=O)C[C@H]2CC[C@H](N)CC2)CC1. The van der Waals surface area contributed by atoms with Crippen LogP contribution >= 0.6 is 11.6 Å². The third-order valence-electron chi connectivity index (χ3n) is 7.62. The number of halogens is 4. The second-order valence-electron chi connectivity index (χ2n) is 10.6. The van der Waals surface area contributed by atoms with Gasteiger partial charge in [-0.15, -0.1) is 0 Å². The van der Waals surface area contributed by atoms with Crippen LogP contribution in [0.3, 0.4) is 0 Å². The van der Waals surface area contributed by atoms with Gasteiger partial charge in [0.1, 0.15) is 17.3 Å². The summed E-state index contributed by atoms with van der Waals surface area (Å²) in [5.74, 6) is -1.12. The molecule has 3 aliphatic rings. The van der Waals surface area contributed by atoms with Gasteiger partial charge in [0.2, 0.25) is 11.8 Å². The molecule has 0 unspecified atom stereocenters. The van der Waals surface area contributed by atoms with Crippen molar-refractivity contribution in [3.63, 3.8) is 0 Å². The molecule has 1 aliphatic heterocycles. The van der Waals surface area contributed by atoms with Crippen molar-refractivity contribution in [3.05, 3.63) is 23.2 Å². The summed E-state index contributed by atoms with van der Waals surface area (Å²) < 4.78 is 69.2. The highest BCUT2D eigenvalue weighted by molar-refractivity contribution is 7.92. The number of alkyl halides is 3. The van der Waals surface area contributed by atoms with Crippen LogP contribution in [0.5, 0.6) is 5.75 Å². The van der Waals surface area contributed by atoms with Crippen LogP contribution in [-0.4, -0.2) is 67.3 Å². The Bertz CT molecular complexity index is 1260. The lowest BCUT2D eigenvalue weighted by atomic mass is 9.84. The first-order chi connectivity index (χ1) is 18.2. The minimum absolute atomic E-state index is 0.0734. The molecule has 14 heteroatoms. The van der Waals surface area contributed by atoms with E-state index in [-0.39, 0.29) is 52.9 Å². The third kappa shape index (κ3) is 6.96. The average molecular weight is 591 g/mol. The first kappa shape index (κ1) is 29.4. The monoisotopic (exact) mass is 590 g/mol. The molecule has 2 saturated carbocycles. The fourth-order valence-electron chi connectivity index (χ4n) is 5.16. The number of carbonyl (C=O) groups is 2. The van der Waals surface area contributed by atoms with E-state index in [1.165, 1.54) is 4.90 Å². The fraction of sp³-hybridized carbons (Fsp3) is 0.640. The largest absolute Gasteiger partial charge is 0.484 e. The van der Waals surface area contributed by atoms with Crippen molar-refractivity contribution in [1.29, 1.82) is 5.26 Å². The van der Waals surface area contributed by atoms with Gasteiger partial charge in [-0.2, -0.15) is 18.4 Å². The van der Waals surface area contributed by atoms with Gasteiger partial charge in [0.05, 0.1) is 21.2 Å². The number of carbonyl (C=O) groups excluding carboxylic acids is 2. The molecule has 39 heavy (non-hydrogen) atoms. The maximum absolute atomic E-state index is 13.6. The zero-order valence-corrected chi connectivity index (χ0v) is 22.6. The van der Waals surface area contributed by atoms with Crippen LogP contribution in [0.25, 0.3) is 0 Å². The van der Waals surface area contributed by atoms with Crippen molar-refractivity contribution in [1.82, 2.24) is 10.2 Å². The second kappa shape index (κ2) is 11.1. The predicted molar refractivity (Wildman–Crippen MR) is 134 cm³/mol. The number of rotatable bonds is 8. The summed E-state index contributed by atoms with van der Waals surface area (Å²) in [6.07, 6.45) is -0.615. The van der Waals surface area contributed by atoms with Crippen LogP contribution in [0, 0.1) is 17.2 Å². The van der Waals surface area contributed by atoms with E-state index in [1.54, 1.807) is 0 Å². The molecule has 3 N–H and O–H groups in total. The van der Waals surface area contributed by atoms with Gasteiger partial charge in [-0.3, -0.25) is 9.59 Å². The normalized spacial score (nSPS) is 26.5. The van der Waals surface area contributed by atoms with Crippen molar-refractivity contribution in [2.75, 3.05) is 13.2 Å². The standard InChI is InChI=1S/C25H30ClF3N4O5S/c26-19-10-17(38-14-25(27,28)29)5-6-21(19)39(36,37)18-11-20(23(35)32-24(13-30)7-8-24)33(12-18)22(34)9-15-1-3-16(31)4-2-15/h5-6,10,15-16,18,20H,1-4,7-9,11-12,14,31H2,(H,32,35)/t15-,16-,18-,20+/m1/s1. The van der Waals surface area contributed by atoms with Gasteiger partial charge < -0.3 is 20.7 Å². The number of amides is 2. The van der Waals surface area contributed by atoms with Crippen molar-refractivity contribution in [2.45, 2.75) is 85.3 Å². The smallest absolute Gasteiger partial charge is 0.422 e. The van der Waals surface area contributed by atoms with Crippen molar-refractivity contribution in [2.24, 2.45) is 11.7 Å². The summed E-state index contributed by atoms with van der Waals surface area (Å²) in [4.78, 5) is 27.5. The first-order valence-electron chi connectivity index (χ1n) is 12.7. The summed E-state index contributed by atoms with van der Waals surface area (Å²) in [5.41, 5.74) is 4.96. The van der Waals surface area contributed by atoms with Gasteiger partial charge in [0.15, 0.2) is 16.4 Å². The maximum Gasteiger partial charge on any atom is 0.422 e. The molecule has 2 atom stereocenters. The summed E-state index contributed by atoms with van der Waals surface area (Å²) in [5, 5.41) is 10.5. The molecule has 0 aromatic heterocycles. The van der Waals surface area contributed by atoms with Crippen LogP contribution in [0.2, 0.25) is 5.02 Å². The quantitative estimate of drug-likeness (QED) is 0.474. The Kier molecular flexibility index (Phi) is 8.40. The lowest BCUT2D eigenvalue weighted by molar-refractivity contribution is -0.153. The van der Waals surface area contributed by atoms with E-state index >= 15 is 0 Å². The number of benzene rings is 1. The van der Waals surface area contributed by atoms with Gasteiger partial charge in [0, 0.05) is 25.1 Å². The van der Waals surface area contributed by atoms with Gasteiger partial charge in [-0.05, 0) is 63.0 Å². The van der Waals surface area contributed by atoms with E-state index in [2.05, 4.69) is 16.1 Å². The average Bonchev–Trinajstić information content (AvgIpc) is 3.48. The van der Waals surface area contributed by atoms with Crippen molar-refractivity contribution < 1.29 is 35.9 Å². The molecule has 1 aromatic rings. The summed E-state index contributed by atoms with van der Waals surface area (Å²) in [6, 6.07) is 4.17. The summed E-state index contributed by atoms with van der Waals surface area (Å²) in [7, 11) is -4.20. The Morgan fingerprint density at radius 2 is 1.90 bits per heavy atom. The Labute approximate surface area is 229 Å². The molecule has 0 spiro atoms. The predicted octanol–water partition coefficient (Wildman–Crippen LogP) is 3.10. The van der Waals surface area contributed by atoms with Crippen LogP contribution in [-0.2, 0) is 19.4 Å². The van der Waals surface area contributed by atoms with Crippen LogP contribution < -0.4 is 15.8 Å². The number of sulfone groups is 1. The number of nitrogens with zero attached hydrogens (tertiary/aromatic N) is 2. The number of nitrogens with one attached hydrogen (secondary N) is 1. The van der Waals surface area contributed by atoms with E-state index in [0.29, 0.717) is 12.8 Å². The number of nitriles is 1. The Morgan fingerprint density at radius 3 is 2.46 bits per heavy atom. The minimum atomic E-state index is -4.58. The first-order valence-corrected chi connectivity index (χ1v) is 14.7. The third-order valence-corrected chi connectivity index (χ3v) is 10.2. The number of hydrogen-bond acceptors (Lipinski definition) is 7. The molecule has 1 aromatic carbocycles. The van der Waals surface area contributed by atoms with E-state index in [1.807, 2.05) is 0 Å². The highest BCUT2D eigenvalue weighted by Gasteiger charge is 2.50. The summed E-state index contributed by atoms with van der Waals surface area (Å²) >= 11 is 6.15. The molecule has 214 valence electrons. The maximum atomic E-state index is 13.6. The molecule has 9 nitrogen and oxygen atoms in total. The van der Waals surface area contributed by atoms with Gasteiger partial charge in [-0.25, -0.2) is 8.42 Å². The van der Waals surface area contributed by atoms with Crippen molar-refractivity contribution >= 4 is 33.3 Å². The fourth-order valence-corrected chi connectivity index (χ4v) is 7.39. The van der Waals surface area contributed by atoms with Gasteiger partial charge in [-0.1, -0.05) is 11.6 Å². The molecule has 0 radical (unpaired) electrons. The van der Waals surface area contributed by atoms with Crippen molar-refractivity contribution in [3.8, 4) is 11.8 Å². The van der Waals surface area contributed by atoms with Gasteiger partial charge >= 0.3 is 6.18 Å². The molecule has 3 fully saturated rings. The topological polar surface area (TPSA) is 143 Å². The number of ether oxygens (including phenoxy) is 1. The Morgan fingerprint density at radius 1 is 1.23 bits per heavy atom. The van der Waals surface area contributed by atoms with E-state index in [9.17, 15) is 36.4 Å².